The average Bonchev–Trinajstić information content (AvgIpc) is 3.17. The van der Waals surface area contributed by atoms with Gasteiger partial charge < -0.3 is 4.90 Å². The fourth-order valence-electron chi connectivity index (χ4n) is 3.23. The molecule has 3 rings (SSSR count). The number of amides is 1. The largest absolute Gasteiger partial charge is 0.340 e. The Morgan fingerprint density at radius 3 is 2.30 bits per heavy atom. The van der Waals surface area contributed by atoms with Crippen molar-refractivity contribution >= 4 is 15.9 Å². The third-order valence-corrected chi connectivity index (χ3v) is 5.73. The number of carbonyl (C=O) groups is 1. The van der Waals surface area contributed by atoms with Crippen molar-refractivity contribution in [3.63, 3.8) is 0 Å². The third kappa shape index (κ3) is 4.92. The molecule has 0 aliphatic carbocycles. The van der Waals surface area contributed by atoms with E-state index in [1.54, 1.807) is 35.0 Å². The van der Waals surface area contributed by atoms with Gasteiger partial charge in [0, 0.05) is 19.2 Å². The zero-order valence-electron chi connectivity index (χ0n) is 17.1. The van der Waals surface area contributed by atoms with Gasteiger partial charge in [0.2, 0.25) is 15.9 Å². The molecular weight excluding hydrogens is 402 g/mol. The number of aromatic nitrogens is 3. The Kier molecular flexibility index (Phi) is 6.33. The summed E-state index contributed by atoms with van der Waals surface area (Å²) >= 11 is 0. The Labute approximate surface area is 176 Å². The molecule has 0 aliphatic rings. The molecule has 1 heterocycles. The maximum atomic E-state index is 13.1. The minimum absolute atomic E-state index is 0.00460. The van der Waals surface area contributed by atoms with Crippen LogP contribution in [0.2, 0.25) is 0 Å². The van der Waals surface area contributed by atoms with E-state index in [2.05, 4.69) is 10.3 Å². The van der Waals surface area contributed by atoms with Gasteiger partial charge in [0.15, 0.2) is 0 Å². The number of benzene rings is 2. The number of carbonyl (C=O) groups excluding carboxylic acids is 1. The normalized spacial score (nSPS) is 12.7. The molecule has 30 heavy (non-hydrogen) atoms. The Bertz CT molecular complexity index is 1110. The molecule has 1 unspecified atom stereocenters. The Morgan fingerprint density at radius 2 is 1.73 bits per heavy atom. The van der Waals surface area contributed by atoms with E-state index in [1.807, 2.05) is 44.2 Å². The summed E-state index contributed by atoms with van der Waals surface area (Å²) in [5, 5.41) is 13.5. The lowest BCUT2D eigenvalue weighted by atomic mass is 10.0. The number of rotatable bonds is 7. The molecule has 0 saturated carbocycles. The molecule has 0 bridgehead atoms. The minimum atomic E-state index is -3.76. The lowest BCUT2D eigenvalue weighted by Gasteiger charge is -2.26. The fourth-order valence-corrected chi connectivity index (χ4v) is 3.74. The van der Waals surface area contributed by atoms with Crippen molar-refractivity contribution in [1.82, 2.24) is 19.9 Å². The van der Waals surface area contributed by atoms with Crippen LogP contribution in [0.1, 0.15) is 25.5 Å². The van der Waals surface area contributed by atoms with Crippen LogP contribution in [0.25, 0.3) is 11.3 Å². The minimum Gasteiger partial charge on any atom is -0.340 e. The highest BCUT2D eigenvalue weighted by molar-refractivity contribution is 7.89. The van der Waals surface area contributed by atoms with Crippen LogP contribution < -0.4 is 5.14 Å². The number of hydrogen-bond donors (Lipinski definition) is 1. The van der Waals surface area contributed by atoms with Gasteiger partial charge in [0.1, 0.15) is 11.7 Å². The lowest BCUT2D eigenvalue weighted by molar-refractivity contribution is -0.135. The van der Waals surface area contributed by atoms with Gasteiger partial charge in [0.25, 0.3) is 0 Å². The summed E-state index contributed by atoms with van der Waals surface area (Å²) in [6.45, 7) is 4.42. The van der Waals surface area contributed by atoms with Gasteiger partial charge in [-0.15, -0.1) is 5.10 Å². The second kappa shape index (κ2) is 8.76. The number of hydrogen-bond acceptors (Lipinski definition) is 5. The summed E-state index contributed by atoms with van der Waals surface area (Å²) in [7, 11) is -1.99. The molecule has 1 atom stereocenters. The van der Waals surface area contributed by atoms with Gasteiger partial charge >= 0.3 is 0 Å². The number of likely N-dealkylation sites (N-methyl/N-ethyl adjacent to an activating group) is 1. The van der Waals surface area contributed by atoms with Crippen molar-refractivity contribution in [2.24, 2.45) is 11.1 Å². The van der Waals surface area contributed by atoms with Gasteiger partial charge in [-0.1, -0.05) is 61.5 Å². The molecule has 0 saturated heterocycles. The van der Waals surface area contributed by atoms with Gasteiger partial charge in [-0.25, -0.2) is 18.2 Å². The topological polar surface area (TPSA) is 111 Å². The van der Waals surface area contributed by atoms with Crippen molar-refractivity contribution in [3.8, 4) is 11.3 Å². The highest BCUT2D eigenvalue weighted by Gasteiger charge is 2.28. The molecule has 8 nitrogen and oxygen atoms in total. The summed E-state index contributed by atoms with van der Waals surface area (Å²) in [6, 6.07) is 15.3. The first-order valence-electron chi connectivity index (χ1n) is 9.51. The monoisotopic (exact) mass is 427 g/mol. The first-order valence-corrected chi connectivity index (χ1v) is 11.1. The van der Waals surface area contributed by atoms with Gasteiger partial charge in [-0.2, -0.15) is 0 Å². The molecular formula is C21H25N5O3S. The molecule has 0 fully saturated rings. The SMILES string of the molecule is CC(C)C(C(=O)N(C)Cc1ccccc1)n1cc(-c2ccc(S(N)(=O)=O)cc2)nn1. The summed E-state index contributed by atoms with van der Waals surface area (Å²) in [4.78, 5) is 14.9. The smallest absolute Gasteiger partial charge is 0.247 e. The molecule has 9 heteroatoms. The van der Waals surface area contributed by atoms with Crippen molar-refractivity contribution < 1.29 is 13.2 Å². The van der Waals surface area contributed by atoms with Crippen LogP contribution in [0.15, 0.2) is 65.7 Å². The van der Waals surface area contributed by atoms with E-state index in [0.717, 1.165) is 5.56 Å². The molecule has 1 aromatic heterocycles. The van der Waals surface area contributed by atoms with Crippen molar-refractivity contribution in [3.05, 3.63) is 66.4 Å². The van der Waals surface area contributed by atoms with Gasteiger partial charge in [0.05, 0.1) is 11.1 Å². The lowest BCUT2D eigenvalue weighted by Crippen LogP contribution is -2.37. The average molecular weight is 428 g/mol. The second-order valence-corrected chi connectivity index (χ2v) is 9.08. The van der Waals surface area contributed by atoms with E-state index >= 15 is 0 Å². The van der Waals surface area contributed by atoms with Gasteiger partial charge in [-0.3, -0.25) is 4.79 Å². The molecule has 1 amide bonds. The third-order valence-electron chi connectivity index (χ3n) is 4.80. The molecule has 0 spiro atoms. The summed E-state index contributed by atoms with van der Waals surface area (Å²) in [5.41, 5.74) is 2.27. The molecule has 2 aromatic carbocycles. The highest BCUT2D eigenvalue weighted by atomic mass is 32.2. The van der Waals surface area contributed by atoms with Crippen LogP contribution in [-0.2, 0) is 21.4 Å². The predicted octanol–water partition coefficient (Wildman–Crippen LogP) is 2.45. The molecule has 3 aromatic rings. The van der Waals surface area contributed by atoms with E-state index in [9.17, 15) is 13.2 Å². The van der Waals surface area contributed by atoms with Crippen LogP contribution in [0.3, 0.4) is 0 Å². The predicted molar refractivity (Wildman–Crippen MR) is 114 cm³/mol. The summed E-state index contributed by atoms with van der Waals surface area (Å²) in [5.74, 6) is -0.0649. The summed E-state index contributed by atoms with van der Waals surface area (Å²) < 4.78 is 24.4. The zero-order chi connectivity index (χ0) is 21.9. The molecule has 158 valence electrons. The van der Waals surface area contributed by atoms with Crippen molar-refractivity contribution in [1.29, 1.82) is 0 Å². The second-order valence-electron chi connectivity index (χ2n) is 7.52. The number of nitrogens with zero attached hydrogens (tertiary/aromatic N) is 4. The maximum Gasteiger partial charge on any atom is 0.247 e. The van der Waals surface area contributed by atoms with Crippen molar-refractivity contribution in [2.45, 2.75) is 31.3 Å². The maximum absolute atomic E-state index is 13.1. The van der Waals surface area contributed by atoms with Crippen LogP contribution in [0.4, 0.5) is 0 Å². The first-order chi connectivity index (χ1) is 14.2. The zero-order valence-corrected chi connectivity index (χ0v) is 18.0. The van der Waals surface area contributed by atoms with E-state index in [4.69, 9.17) is 5.14 Å². The Balaban J connectivity index is 1.82. The van der Waals surface area contributed by atoms with Crippen LogP contribution in [0, 0.1) is 5.92 Å². The molecule has 0 radical (unpaired) electrons. The highest BCUT2D eigenvalue weighted by Crippen LogP contribution is 2.24. The van der Waals surface area contributed by atoms with Crippen LogP contribution >= 0.6 is 0 Å². The standard InChI is InChI=1S/C21H25N5O3S/c1-15(2)20(21(27)25(3)13-16-7-5-4-6-8-16)26-14-19(23-24-26)17-9-11-18(12-10-17)30(22,28)29/h4-12,14-15,20H,13H2,1-3H3,(H2,22,28,29). The number of primary sulfonamides is 1. The quantitative estimate of drug-likeness (QED) is 0.623. The first kappa shape index (κ1) is 21.7. The molecule has 2 N–H and O–H groups in total. The van der Waals surface area contributed by atoms with E-state index in [0.29, 0.717) is 17.8 Å². The molecule has 0 aliphatic heterocycles. The Hall–Kier alpha value is -3.04. The number of nitrogens with two attached hydrogens (primary N) is 1. The number of sulfonamides is 1. The summed E-state index contributed by atoms with van der Waals surface area (Å²) in [6.07, 6.45) is 1.70. The van der Waals surface area contributed by atoms with E-state index in [-0.39, 0.29) is 16.7 Å². The van der Waals surface area contributed by atoms with Crippen LogP contribution in [-0.4, -0.2) is 41.3 Å². The van der Waals surface area contributed by atoms with Crippen LogP contribution in [0.5, 0.6) is 0 Å². The van der Waals surface area contributed by atoms with E-state index < -0.39 is 16.1 Å². The van der Waals surface area contributed by atoms with Gasteiger partial charge in [-0.05, 0) is 23.6 Å². The van der Waals surface area contributed by atoms with E-state index in [1.165, 1.54) is 12.1 Å². The van der Waals surface area contributed by atoms with Crippen molar-refractivity contribution in [2.75, 3.05) is 7.05 Å². The fraction of sp³-hybridized carbons (Fsp3) is 0.286. The Morgan fingerprint density at radius 1 is 1.10 bits per heavy atom.